The van der Waals surface area contributed by atoms with Gasteiger partial charge in [-0.2, -0.15) is 0 Å². The summed E-state index contributed by atoms with van der Waals surface area (Å²) in [5.41, 5.74) is 3.79. The fourth-order valence-electron chi connectivity index (χ4n) is 5.96. The molecule has 0 spiro atoms. The highest BCUT2D eigenvalue weighted by atomic mass is 32.2. The fraction of sp³-hybridized carbons (Fsp3) is 0.286. The smallest absolute Gasteiger partial charge is 0.323 e. The van der Waals surface area contributed by atoms with Gasteiger partial charge in [0, 0.05) is 54.0 Å². The summed E-state index contributed by atoms with van der Waals surface area (Å²) in [6.45, 7) is 6.77. The van der Waals surface area contributed by atoms with E-state index in [-0.39, 0.29) is 17.7 Å². The summed E-state index contributed by atoms with van der Waals surface area (Å²) >= 11 is 1.44. The molecule has 0 unspecified atom stereocenters. The first-order valence-corrected chi connectivity index (χ1v) is 19.3. The molecule has 0 saturated carbocycles. The molecule has 1 aromatic heterocycles. The minimum atomic E-state index is -0.822. The molecule has 0 aliphatic rings. The lowest BCUT2D eigenvalue weighted by molar-refractivity contribution is -0.137. The Balaban J connectivity index is 1.28. The molecule has 56 heavy (non-hydrogen) atoms. The fourth-order valence-corrected chi connectivity index (χ4v) is 6.33. The molecular weight excluding hydrogens is 733 g/mol. The number of benzene rings is 4. The van der Waals surface area contributed by atoms with E-state index in [0.29, 0.717) is 77.2 Å². The Labute approximate surface area is 331 Å². The summed E-state index contributed by atoms with van der Waals surface area (Å²) in [6, 6.07) is 23.4. The SMILES string of the molecule is COc1cc(Nc2cc(Oc3ccc(NC(=O)Nc4cc(C(C)(C)C)cc(NSC)c4OC)c4ccccc34)ccn2)ccc1C(=O)NCCCCCC(=O)O. The largest absolute Gasteiger partial charge is 0.496 e. The molecule has 0 aliphatic heterocycles. The van der Waals surface area contributed by atoms with Gasteiger partial charge < -0.3 is 45.3 Å². The van der Waals surface area contributed by atoms with Gasteiger partial charge in [0.2, 0.25) is 0 Å². The molecule has 5 rings (SSSR count). The lowest BCUT2D eigenvalue weighted by Crippen LogP contribution is -2.25. The molecule has 0 saturated heterocycles. The Bertz CT molecular complexity index is 2190. The second kappa shape index (κ2) is 18.9. The van der Waals surface area contributed by atoms with Crippen molar-refractivity contribution in [2.24, 2.45) is 0 Å². The standard InChI is InChI=1S/C42H48N6O7S/c1-42(2,3)26-22-33(39(54-5)34(23-26)48-56-6)47-41(52)46-32-17-18-35(30-13-10-9-12-29(30)32)55-28-19-21-43-37(25-28)45-27-15-16-31(36(24-27)53-4)40(51)44-20-11-7-8-14-38(49)50/h9-10,12-13,15-19,21-25,48H,7-8,11,14,20H2,1-6H3,(H,43,45)(H,44,51)(H,49,50)(H2,46,47,52). The molecule has 0 atom stereocenters. The van der Waals surface area contributed by atoms with Gasteiger partial charge in [-0.3, -0.25) is 9.59 Å². The van der Waals surface area contributed by atoms with Crippen LogP contribution in [-0.4, -0.2) is 55.0 Å². The number of carboxylic acid groups (broad SMARTS) is 1. The van der Waals surface area contributed by atoms with E-state index in [4.69, 9.17) is 19.3 Å². The van der Waals surface area contributed by atoms with Crippen LogP contribution in [0.15, 0.2) is 85.1 Å². The molecule has 13 nitrogen and oxygen atoms in total. The van der Waals surface area contributed by atoms with Crippen molar-refractivity contribution in [1.82, 2.24) is 10.3 Å². The Morgan fingerprint density at radius 3 is 2.27 bits per heavy atom. The van der Waals surface area contributed by atoms with Crippen LogP contribution in [0.5, 0.6) is 23.0 Å². The van der Waals surface area contributed by atoms with Crippen LogP contribution in [0.2, 0.25) is 0 Å². The number of anilines is 5. The topological polar surface area (TPSA) is 172 Å². The van der Waals surface area contributed by atoms with Crippen LogP contribution < -0.4 is 40.2 Å². The lowest BCUT2D eigenvalue weighted by atomic mass is 9.86. The quantitative estimate of drug-likeness (QED) is 0.0392. The zero-order valence-corrected chi connectivity index (χ0v) is 33.2. The summed E-state index contributed by atoms with van der Waals surface area (Å²) in [7, 11) is 3.07. The maximum absolute atomic E-state index is 13.5. The number of carbonyl (C=O) groups excluding carboxylic acids is 2. The molecule has 14 heteroatoms. The summed E-state index contributed by atoms with van der Waals surface area (Å²) < 4.78 is 20.8. The van der Waals surface area contributed by atoms with Gasteiger partial charge >= 0.3 is 12.0 Å². The van der Waals surface area contributed by atoms with Crippen molar-refractivity contribution in [2.75, 3.05) is 47.7 Å². The number of hydrogen-bond acceptors (Lipinski definition) is 10. The number of carboxylic acids is 1. The molecule has 0 fully saturated rings. The van der Waals surface area contributed by atoms with E-state index in [0.717, 1.165) is 22.0 Å². The summed E-state index contributed by atoms with van der Waals surface area (Å²) in [5, 5.41) is 22.4. The predicted molar refractivity (Wildman–Crippen MR) is 224 cm³/mol. The van der Waals surface area contributed by atoms with Crippen molar-refractivity contribution in [3.8, 4) is 23.0 Å². The van der Waals surface area contributed by atoms with Crippen LogP contribution >= 0.6 is 11.9 Å². The van der Waals surface area contributed by atoms with Crippen LogP contribution in [0.1, 0.15) is 62.4 Å². The highest BCUT2D eigenvalue weighted by Crippen LogP contribution is 2.40. The molecule has 5 aromatic rings. The predicted octanol–water partition coefficient (Wildman–Crippen LogP) is 9.79. The van der Waals surface area contributed by atoms with E-state index >= 15 is 0 Å². The number of nitrogens with zero attached hydrogens (tertiary/aromatic N) is 1. The molecule has 3 amide bonds. The Hall–Kier alpha value is -6.15. The first-order chi connectivity index (χ1) is 26.9. The number of carbonyl (C=O) groups is 3. The van der Waals surface area contributed by atoms with Crippen molar-refractivity contribution in [1.29, 1.82) is 0 Å². The number of aliphatic carboxylic acids is 1. The van der Waals surface area contributed by atoms with Crippen LogP contribution in [0.25, 0.3) is 10.8 Å². The van der Waals surface area contributed by atoms with Crippen LogP contribution in [0, 0.1) is 0 Å². The third-order valence-corrected chi connectivity index (χ3v) is 9.21. The molecule has 4 aromatic carbocycles. The summed E-state index contributed by atoms with van der Waals surface area (Å²) in [5.74, 6) is 1.42. The number of aromatic nitrogens is 1. The van der Waals surface area contributed by atoms with Crippen LogP contribution in [-0.2, 0) is 10.2 Å². The first-order valence-electron chi connectivity index (χ1n) is 18.1. The third kappa shape index (κ3) is 10.7. The van der Waals surface area contributed by atoms with E-state index in [9.17, 15) is 14.4 Å². The molecule has 0 aliphatic carbocycles. The van der Waals surface area contributed by atoms with E-state index in [1.54, 1.807) is 55.8 Å². The van der Waals surface area contributed by atoms with Gasteiger partial charge in [0.05, 0.1) is 36.8 Å². The average molecular weight is 781 g/mol. The highest BCUT2D eigenvalue weighted by Gasteiger charge is 2.21. The molecule has 0 radical (unpaired) electrons. The second-order valence-electron chi connectivity index (χ2n) is 13.9. The van der Waals surface area contributed by atoms with Crippen molar-refractivity contribution in [3.63, 3.8) is 0 Å². The maximum atomic E-state index is 13.5. The number of nitrogens with one attached hydrogen (secondary N) is 5. The molecular formula is C42H48N6O7S. The van der Waals surface area contributed by atoms with Crippen LogP contribution in [0.3, 0.4) is 0 Å². The minimum Gasteiger partial charge on any atom is -0.496 e. The van der Waals surface area contributed by atoms with Gasteiger partial charge in [-0.1, -0.05) is 63.4 Å². The maximum Gasteiger partial charge on any atom is 0.323 e. The molecule has 6 N–H and O–H groups in total. The third-order valence-electron chi connectivity index (χ3n) is 8.78. The van der Waals surface area contributed by atoms with Gasteiger partial charge in [-0.15, -0.1) is 0 Å². The number of amides is 3. The number of ether oxygens (including phenoxy) is 3. The number of methoxy groups -OCH3 is 2. The Morgan fingerprint density at radius 2 is 1.55 bits per heavy atom. The van der Waals surface area contributed by atoms with Crippen LogP contribution in [0.4, 0.5) is 33.4 Å². The monoisotopic (exact) mass is 780 g/mol. The molecule has 1 heterocycles. The van der Waals surface area contributed by atoms with E-state index in [1.807, 2.05) is 42.7 Å². The number of urea groups is 1. The zero-order valence-electron chi connectivity index (χ0n) is 32.4. The Morgan fingerprint density at radius 1 is 0.804 bits per heavy atom. The first kappa shape index (κ1) is 41.0. The summed E-state index contributed by atoms with van der Waals surface area (Å²) in [4.78, 5) is 41.4. The van der Waals surface area contributed by atoms with Gasteiger partial charge in [-0.05, 0) is 66.3 Å². The van der Waals surface area contributed by atoms with Gasteiger partial charge in [0.15, 0.2) is 5.75 Å². The van der Waals surface area contributed by atoms with Crippen molar-refractivity contribution in [2.45, 2.75) is 51.9 Å². The average Bonchev–Trinajstić information content (AvgIpc) is 3.16. The second-order valence-corrected chi connectivity index (χ2v) is 14.5. The van der Waals surface area contributed by atoms with E-state index in [2.05, 4.69) is 51.7 Å². The van der Waals surface area contributed by atoms with Crippen molar-refractivity contribution >= 4 is 69.2 Å². The zero-order chi connectivity index (χ0) is 40.2. The number of rotatable bonds is 17. The van der Waals surface area contributed by atoms with Gasteiger partial charge in [-0.25, -0.2) is 9.78 Å². The van der Waals surface area contributed by atoms with Gasteiger partial charge in [0.25, 0.3) is 5.91 Å². The molecule has 294 valence electrons. The highest BCUT2D eigenvalue weighted by molar-refractivity contribution is 7.99. The number of hydrogen-bond donors (Lipinski definition) is 6. The Kier molecular flexibility index (Phi) is 13.9. The normalized spacial score (nSPS) is 11.0. The summed E-state index contributed by atoms with van der Waals surface area (Å²) in [6.07, 6.45) is 5.63. The number of fused-ring (bicyclic) bond motifs is 1. The van der Waals surface area contributed by atoms with Crippen molar-refractivity contribution in [3.05, 3.63) is 96.2 Å². The lowest BCUT2D eigenvalue weighted by Gasteiger charge is -2.24. The molecule has 0 bridgehead atoms. The number of pyridine rings is 1. The van der Waals surface area contributed by atoms with Crippen molar-refractivity contribution < 1.29 is 33.7 Å². The van der Waals surface area contributed by atoms with E-state index in [1.165, 1.54) is 19.1 Å². The van der Waals surface area contributed by atoms with Gasteiger partial charge in [0.1, 0.15) is 23.1 Å². The number of unbranched alkanes of at least 4 members (excludes halogenated alkanes) is 2. The van der Waals surface area contributed by atoms with E-state index < -0.39 is 12.0 Å². The minimum absolute atomic E-state index is 0.118.